The third-order valence-electron chi connectivity index (χ3n) is 2.74. The number of benzene rings is 1. The van der Waals surface area contributed by atoms with Crippen molar-refractivity contribution in [2.45, 2.75) is 18.0 Å². The van der Waals surface area contributed by atoms with E-state index in [1.165, 1.54) is 0 Å². The Balaban J connectivity index is 1.95. The molecule has 17 heavy (non-hydrogen) atoms. The minimum absolute atomic E-state index is 0.0573. The molecule has 0 bridgehead atoms. The molecule has 1 aromatic carbocycles. The van der Waals surface area contributed by atoms with Crippen LogP contribution in [-0.2, 0) is 16.4 Å². The maximum absolute atomic E-state index is 11.4. The Labute approximate surface area is 111 Å². The van der Waals surface area contributed by atoms with Crippen LogP contribution in [0, 0.1) is 0 Å². The third-order valence-corrected chi connectivity index (χ3v) is 5.35. The molecule has 94 valence electrons. The van der Waals surface area contributed by atoms with E-state index in [2.05, 4.69) is 5.32 Å². The van der Waals surface area contributed by atoms with Gasteiger partial charge < -0.3 is 5.32 Å². The van der Waals surface area contributed by atoms with Gasteiger partial charge in [-0.1, -0.05) is 23.7 Å². The van der Waals surface area contributed by atoms with Gasteiger partial charge >= 0.3 is 0 Å². The number of nitrogens with one attached hydrogen (secondary N) is 1. The lowest BCUT2D eigenvalue weighted by Crippen LogP contribution is -2.35. The molecule has 0 aromatic heterocycles. The van der Waals surface area contributed by atoms with Crippen LogP contribution in [0.2, 0.25) is 5.02 Å². The second kappa shape index (κ2) is 5.14. The van der Waals surface area contributed by atoms with Gasteiger partial charge in [0.25, 0.3) is 0 Å². The Hall–Kier alpha value is -0.290. The van der Waals surface area contributed by atoms with Gasteiger partial charge in [-0.25, -0.2) is 8.42 Å². The normalized spacial score (nSPS) is 27.2. The first kappa shape index (κ1) is 13.1. The molecule has 0 amide bonds. The molecule has 0 aliphatic carbocycles. The van der Waals surface area contributed by atoms with Crippen molar-refractivity contribution in [3.8, 4) is 0 Å². The zero-order chi connectivity index (χ0) is 12.5. The van der Waals surface area contributed by atoms with E-state index in [0.717, 1.165) is 5.56 Å². The van der Waals surface area contributed by atoms with Crippen LogP contribution in [0.1, 0.15) is 5.56 Å². The molecular formula is C11H13Cl2NO2S. The average molecular weight is 294 g/mol. The molecule has 0 unspecified atom stereocenters. The zero-order valence-electron chi connectivity index (χ0n) is 9.07. The highest BCUT2D eigenvalue weighted by Crippen LogP contribution is 2.19. The molecule has 1 aromatic rings. The molecule has 1 saturated heterocycles. The molecule has 2 rings (SSSR count). The second-order valence-corrected chi connectivity index (χ2v) is 7.36. The predicted molar refractivity (Wildman–Crippen MR) is 70.4 cm³/mol. The molecule has 2 atom stereocenters. The van der Waals surface area contributed by atoms with E-state index in [0.29, 0.717) is 11.6 Å². The smallest absolute Gasteiger partial charge is 0.153 e. The van der Waals surface area contributed by atoms with Crippen molar-refractivity contribution in [1.82, 2.24) is 5.32 Å². The summed E-state index contributed by atoms with van der Waals surface area (Å²) in [5.74, 6) is 0.170. The largest absolute Gasteiger partial charge is 0.307 e. The average Bonchev–Trinajstić information content (AvgIpc) is 2.49. The number of halogens is 2. The first-order chi connectivity index (χ1) is 7.96. The highest BCUT2D eigenvalue weighted by atomic mass is 35.5. The lowest BCUT2D eigenvalue weighted by atomic mass is 10.2. The Kier molecular flexibility index (Phi) is 3.98. The fraction of sp³-hybridized carbons (Fsp3) is 0.455. The van der Waals surface area contributed by atoms with Gasteiger partial charge in [0.05, 0.1) is 16.9 Å². The summed E-state index contributed by atoms with van der Waals surface area (Å²) in [6, 6.07) is 7.27. The third kappa shape index (κ3) is 3.58. The summed E-state index contributed by atoms with van der Waals surface area (Å²) in [5.41, 5.74) is 1.02. The second-order valence-electron chi connectivity index (χ2n) is 4.21. The molecular weight excluding hydrogens is 281 g/mol. The van der Waals surface area contributed by atoms with Crippen molar-refractivity contribution >= 4 is 33.0 Å². The summed E-state index contributed by atoms with van der Waals surface area (Å²) >= 11 is 11.9. The van der Waals surface area contributed by atoms with Gasteiger partial charge in [-0.15, -0.1) is 11.6 Å². The standard InChI is InChI=1S/C11H13Cl2NO2S/c12-9-3-1-2-8(4-9)5-14-11-7-17(15,16)6-10(11)13/h1-4,10-11,14H,5-7H2/t10-,11+/m1/s1. The van der Waals surface area contributed by atoms with Crippen LogP contribution in [0.5, 0.6) is 0 Å². The lowest BCUT2D eigenvalue weighted by Gasteiger charge is -2.14. The van der Waals surface area contributed by atoms with Crippen LogP contribution in [0.15, 0.2) is 24.3 Å². The van der Waals surface area contributed by atoms with E-state index in [4.69, 9.17) is 23.2 Å². The minimum Gasteiger partial charge on any atom is -0.307 e. The highest BCUT2D eigenvalue weighted by molar-refractivity contribution is 7.91. The van der Waals surface area contributed by atoms with E-state index in [9.17, 15) is 8.42 Å². The summed E-state index contributed by atoms with van der Waals surface area (Å²) in [5, 5.41) is 3.48. The SMILES string of the molecule is O=S1(=O)C[C@@H](Cl)[C@@H](NCc2cccc(Cl)c2)C1. The van der Waals surface area contributed by atoms with Gasteiger partial charge in [0.1, 0.15) is 0 Å². The number of alkyl halides is 1. The Morgan fingerprint density at radius 2 is 2.12 bits per heavy atom. The van der Waals surface area contributed by atoms with Crippen molar-refractivity contribution in [1.29, 1.82) is 0 Å². The first-order valence-corrected chi connectivity index (χ1v) is 7.92. The van der Waals surface area contributed by atoms with Crippen molar-refractivity contribution in [2.24, 2.45) is 0 Å². The van der Waals surface area contributed by atoms with Gasteiger partial charge in [0.2, 0.25) is 0 Å². The number of rotatable bonds is 3. The summed E-state index contributed by atoms with van der Waals surface area (Å²) in [6.45, 7) is 0.573. The van der Waals surface area contributed by atoms with Crippen LogP contribution in [0.25, 0.3) is 0 Å². The Bertz CT molecular complexity index is 504. The van der Waals surface area contributed by atoms with E-state index in [1.54, 1.807) is 6.07 Å². The van der Waals surface area contributed by atoms with E-state index >= 15 is 0 Å². The summed E-state index contributed by atoms with van der Waals surface area (Å²) in [6.07, 6.45) is 0. The van der Waals surface area contributed by atoms with Crippen molar-refractivity contribution in [3.63, 3.8) is 0 Å². The number of sulfone groups is 1. The number of hydrogen-bond acceptors (Lipinski definition) is 3. The summed E-state index contributed by atoms with van der Waals surface area (Å²) in [7, 11) is -2.98. The maximum Gasteiger partial charge on any atom is 0.153 e. The quantitative estimate of drug-likeness (QED) is 0.865. The summed E-state index contributed by atoms with van der Waals surface area (Å²) < 4.78 is 22.7. The predicted octanol–water partition coefficient (Wildman–Crippen LogP) is 1.83. The molecule has 3 nitrogen and oxygen atoms in total. The molecule has 1 fully saturated rings. The van der Waals surface area contributed by atoms with Crippen LogP contribution in [0.3, 0.4) is 0 Å². The fourth-order valence-electron chi connectivity index (χ4n) is 1.89. The molecule has 1 heterocycles. The van der Waals surface area contributed by atoms with Gasteiger partial charge in [-0.2, -0.15) is 0 Å². The molecule has 0 radical (unpaired) electrons. The molecule has 1 N–H and O–H groups in total. The van der Waals surface area contributed by atoms with Gasteiger partial charge in [-0.3, -0.25) is 0 Å². The van der Waals surface area contributed by atoms with Gasteiger partial charge in [-0.05, 0) is 17.7 Å². The minimum atomic E-state index is -2.98. The van der Waals surface area contributed by atoms with Crippen LogP contribution < -0.4 is 5.32 Å². The van der Waals surface area contributed by atoms with E-state index in [-0.39, 0.29) is 22.9 Å². The van der Waals surface area contributed by atoms with Crippen molar-refractivity contribution in [2.75, 3.05) is 11.5 Å². The fourth-order valence-corrected chi connectivity index (χ4v) is 4.71. The van der Waals surface area contributed by atoms with Gasteiger partial charge in [0, 0.05) is 17.6 Å². The van der Waals surface area contributed by atoms with E-state index < -0.39 is 9.84 Å². The van der Waals surface area contributed by atoms with Crippen LogP contribution in [-0.4, -0.2) is 31.3 Å². The molecule has 6 heteroatoms. The van der Waals surface area contributed by atoms with Crippen LogP contribution >= 0.6 is 23.2 Å². The first-order valence-electron chi connectivity index (χ1n) is 5.28. The maximum atomic E-state index is 11.4. The molecule has 1 aliphatic rings. The van der Waals surface area contributed by atoms with Crippen LogP contribution in [0.4, 0.5) is 0 Å². The summed E-state index contributed by atoms with van der Waals surface area (Å²) in [4.78, 5) is 0. The molecule has 0 saturated carbocycles. The Morgan fingerprint density at radius 1 is 1.35 bits per heavy atom. The van der Waals surface area contributed by atoms with Crippen molar-refractivity contribution < 1.29 is 8.42 Å². The van der Waals surface area contributed by atoms with Crippen molar-refractivity contribution in [3.05, 3.63) is 34.9 Å². The van der Waals surface area contributed by atoms with E-state index in [1.807, 2.05) is 18.2 Å². The monoisotopic (exact) mass is 293 g/mol. The lowest BCUT2D eigenvalue weighted by molar-refractivity contribution is 0.558. The molecule has 0 spiro atoms. The zero-order valence-corrected chi connectivity index (χ0v) is 11.4. The Morgan fingerprint density at radius 3 is 2.71 bits per heavy atom. The van der Waals surface area contributed by atoms with Gasteiger partial charge in [0.15, 0.2) is 9.84 Å². The highest BCUT2D eigenvalue weighted by Gasteiger charge is 2.35. The molecule has 1 aliphatic heterocycles. The number of hydrogen-bond donors (Lipinski definition) is 1. The topological polar surface area (TPSA) is 46.2 Å².